The van der Waals surface area contributed by atoms with Crippen LogP contribution in [0.5, 0.6) is 0 Å². The average Bonchev–Trinajstić information content (AvgIpc) is 3.06. The molecule has 0 N–H and O–H groups in total. The number of hydrogen-bond acceptors (Lipinski definition) is 5. The molecule has 0 bridgehead atoms. The van der Waals surface area contributed by atoms with E-state index in [0.717, 1.165) is 32.0 Å². The summed E-state index contributed by atoms with van der Waals surface area (Å²) < 4.78 is 0. The molecule has 1 fully saturated rings. The zero-order chi connectivity index (χ0) is 16.9. The third-order valence-corrected chi connectivity index (χ3v) is 5.68. The lowest BCUT2D eigenvalue weighted by molar-refractivity contribution is 0.187. The zero-order valence-electron chi connectivity index (χ0n) is 15.0. The second-order valence-corrected chi connectivity index (χ2v) is 8.71. The number of nitriles is 1. The third-order valence-electron chi connectivity index (χ3n) is 4.76. The fraction of sp³-hybridized carbons (Fsp3) is 0.778. The maximum absolute atomic E-state index is 8.78. The normalized spacial score (nSPS) is 19.4. The number of likely N-dealkylation sites (tertiary alicyclic amines) is 1. The van der Waals surface area contributed by atoms with Gasteiger partial charge in [0.25, 0.3) is 0 Å². The van der Waals surface area contributed by atoms with Gasteiger partial charge in [-0.15, -0.1) is 11.3 Å². The summed E-state index contributed by atoms with van der Waals surface area (Å²) in [5.41, 5.74) is 3.37. The van der Waals surface area contributed by atoms with E-state index in [2.05, 4.69) is 48.7 Å². The second-order valence-electron chi connectivity index (χ2n) is 7.77. The van der Waals surface area contributed by atoms with E-state index in [1.807, 2.05) is 5.51 Å². The zero-order valence-corrected chi connectivity index (χ0v) is 15.8. The summed E-state index contributed by atoms with van der Waals surface area (Å²) in [6, 6.07) is 2.28. The molecule has 0 aliphatic carbocycles. The summed E-state index contributed by atoms with van der Waals surface area (Å²) in [5.74, 6) is 0.764. The van der Waals surface area contributed by atoms with Crippen LogP contribution < -0.4 is 0 Å². The highest BCUT2D eigenvalue weighted by molar-refractivity contribution is 7.09. The Bertz CT molecular complexity index is 531. The minimum absolute atomic E-state index is 0.246. The molecule has 1 aliphatic heterocycles. The van der Waals surface area contributed by atoms with Gasteiger partial charge in [0.05, 0.1) is 17.3 Å². The van der Waals surface area contributed by atoms with E-state index in [1.165, 1.54) is 30.1 Å². The molecule has 5 heteroatoms. The van der Waals surface area contributed by atoms with Crippen molar-refractivity contribution in [3.63, 3.8) is 0 Å². The summed E-state index contributed by atoms with van der Waals surface area (Å²) >= 11 is 1.76. The molecule has 1 aliphatic rings. The van der Waals surface area contributed by atoms with Crippen molar-refractivity contribution in [1.82, 2.24) is 14.8 Å². The van der Waals surface area contributed by atoms with E-state index in [-0.39, 0.29) is 5.41 Å². The molecule has 1 aromatic heterocycles. The summed E-state index contributed by atoms with van der Waals surface area (Å²) in [5, 5.41) is 8.78. The van der Waals surface area contributed by atoms with Crippen molar-refractivity contribution in [2.75, 3.05) is 33.2 Å². The fourth-order valence-electron chi connectivity index (χ4n) is 3.51. The number of aromatic nitrogens is 1. The lowest BCUT2D eigenvalue weighted by Crippen LogP contribution is -2.34. The molecule has 0 saturated carbocycles. The Morgan fingerprint density at radius 1 is 1.52 bits per heavy atom. The Hall–Kier alpha value is -0.960. The maximum atomic E-state index is 8.78. The van der Waals surface area contributed by atoms with E-state index < -0.39 is 0 Å². The van der Waals surface area contributed by atoms with Crippen LogP contribution in [0, 0.1) is 29.6 Å². The Morgan fingerprint density at radius 3 is 2.96 bits per heavy atom. The first-order valence-corrected chi connectivity index (χ1v) is 9.44. The highest BCUT2D eigenvalue weighted by atomic mass is 32.1. The SMILES string of the molecule is Cc1ncsc1CN(C)C[C@H]1CCN(CC(C)(C)CCC#N)C1. The minimum Gasteiger partial charge on any atom is -0.302 e. The van der Waals surface area contributed by atoms with Gasteiger partial charge in [-0.2, -0.15) is 5.26 Å². The third kappa shape index (κ3) is 5.87. The Kier molecular flexibility index (Phi) is 6.58. The van der Waals surface area contributed by atoms with Gasteiger partial charge in [0.2, 0.25) is 0 Å². The first kappa shape index (κ1) is 18.4. The molecule has 0 amide bonds. The van der Waals surface area contributed by atoms with Crippen molar-refractivity contribution in [2.45, 2.75) is 46.6 Å². The molecule has 2 rings (SSSR count). The molecule has 1 aromatic rings. The number of thiazole rings is 1. The van der Waals surface area contributed by atoms with Crippen LogP contribution in [0.2, 0.25) is 0 Å². The van der Waals surface area contributed by atoms with E-state index >= 15 is 0 Å². The van der Waals surface area contributed by atoms with Gasteiger partial charge in [0.1, 0.15) is 0 Å². The van der Waals surface area contributed by atoms with Gasteiger partial charge in [-0.25, -0.2) is 4.98 Å². The van der Waals surface area contributed by atoms with Crippen LogP contribution in [0.25, 0.3) is 0 Å². The Labute approximate surface area is 145 Å². The maximum Gasteiger partial charge on any atom is 0.0798 e. The Morgan fingerprint density at radius 2 is 2.30 bits per heavy atom. The molecule has 4 nitrogen and oxygen atoms in total. The Balaban J connectivity index is 1.74. The number of nitrogens with zero attached hydrogens (tertiary/aromatic N) is 4. The summed E-state index contributed by atoms with van der Waals surface area (Å²) in [6.07, 6.45) is 2.96. The molecule has 0 spiro atoms. The molecule has 1 atom stereocenters. The topological polar surface area (TPSA) is 43.2 Å². The molecule has 0 aromatic carbocycles. The minimum atomic E-state index is 0.246. The van der Waals surface area contributed by atoms with Gasteiger partial charge in [0, 0.05) is 37.5 Å². The molecule has 0 radical (unpaired) electrons. The summed E-state index contributed by atoms with van der Waals surface area (Å²) in [4.78, 5) is 10.8. The van der Waals surface area contributed by atoms with E-state index in [9.17, 15) is 0 Å². The fourth-order valence-corrected chi connectivity index (χ4v) is 4.37. The van der Waals surface area contributed by atoms with Crippen molar-refractivity contribution >= 4 is 11.3 Å². The van der Waals surface area contributed by atoms with Crippen molar-refractivity contribution in [1.29, 1.82) is 5.26 Å². The van der Waals surface area contributed by atoms with Crippen molar-refractivity contribution in [2.24, 2.45) is 11.3 Å². The van der Waals surface area contributed by atoms with Gasteiger partial charge in [-0.1, -0.05) is 13.8 Å². The molecule has 0 unspecified atom stereocenters. The average molecular weight is 335 g/mol. The van der Waals surface area contributed by atoms with Crippen molar-refractivity contribution in [3.05, 3.63) is 16.1 Å². The van der Waals surface area contributed by atoms with Crippen LogP contribution in [-0.4, -0.2) is 48.0 Å². The van der Waals surface area contributed by atoms with Crippen LogP contribution in [0.1, 0.15) is 43.7 Å². The molecular weight excluding hydrogens is 304 g/mol. The van der Waals surface area contributed by atoms with Crippen LogP contribution in [0.4, 0.5) is 0 Å². The first-order chi connectivity index (χ1) is 10.9. The lowest BCUT2D eigenvalue weighted by atomic mass is 9.87. The number of aryl methyl sites for hydroxylation is 1. The predicted octanol–water partition coefficient (Wildman–Crippen LogP) is 3.54. The monoisotopic (exact) mass is 334 g/mol. The van der Waals surface area contributed by atoms with Crippen LogP contribution >= 0.6 is 11.3 Å². The summed E-state index contributed by atoms with van der Waals surface area (Å²) in [7, 11) is 2.22. The summed E-state index contributed by atoms with van der Waals surface area (Å²) in [6.45, 7) is 12.4. The predicted molar refractivity (Wildman–Crippen MR) is 96.4 cm³/mol. The first-order valence-electron chi connectivity index (χ1n) is 8.56. The molecule has 1 saturated heterocycles. The molecule has 128 valence electrons. The number of hydrogen-bond donors (Lipinski definition) is 0. The van der Waals surface area contributed by atoms with Gasteiger partial charge < -0.3 is 9.80 Å². The highest BCUT2D eigenvalue weighted by Crippen LogP contribution is 2.27. The van der Waals surface area contributed by atoms with Gasteiger partial charge in [-0.3, -0.25) is 0 Å². The van der Waals surface area contributed by atoms with E-state index in [4.69, 9.17) is 5.26 Å². The van der Waals surface area contributed by atoms with E-state index in [1.54, 1.807) is 11.3 Å². The standard InChI is InChI=1S/C18H30N4S/c1-15-17(23-14-20-15)12-21(4)10-16-6-9-22(11-16)13-18(2,3)7-5-8-19/h14,16H,5-7,9-13H2,1-4H3/t16-/m1/s1. The molecular formula is C18H30N4S. The van der Waals surface area contributed by atoms with E-state index in [0.29, 0.717) is 6.42 Å². The molecule has 2 heterocycles. The molecule has 23 heavy (non-hydrogen) atoms. The van der Waals surface area contributed by atoms with Crippen molar-refractivity contribution in [3.8, 4) is 6.07 Å². The highest BCUT2D eigenvalue weighted by Gasteiger charge is 2.28. The van der Waals surface area contributed by atoms with Crippen LogP contribution in [0.15, 0.2) is 5.51 Å². The van der Waals surface area contributed by atoms with Gasteiger partial charge in [0.15, 0.2) is 0 Å². The van der Waals surface area contributed by atoms with Crippen LogP contribution in [-0.2, 0) is 6.54 Å². The smallest absolute Gasteiger partial charge is 0.0798 e. The number of rotatable bonds is 8. The second kappa shape index (κ2) is 8.23. The van der Waals surface area contributed by atoms with Gasteiger partial charge in [-0.05, 0) is 44.7 Å². The van der Waals surface area contributed by atoms with Crippen molar-refractivity contribution < 1.29 is 0 Å². The quantitative estimate of drug-likeness (QED) is 0.729. The largest absolute Gasteiger partial charge is 0.302 e. The van der Waals surface area contributed by atoms with Crippen LogP contribution in [0.3, 0.4) is 0 Å². The lowest BCUT2D eigenvalue weighted by Gasteiger charge is -2.30. The van der Waals surface area contributed by atoms with Gasteiger partial charge >= 0.3 is 0 Å².